The van der Waals surface area contributed by atoms with Gasteiger partial charge in [-0.25, -0.2) is 0 Å². The van der Waals surface area contributed by atoms with Gasteiger partial charge in [0, 0.05) is 23.2 Å². The standard InChI is InChI=1S/C24H27F3N2O3/c1-16-12-21(32-14-23(31)28(3)15-24(25,26)27)13-22(30)29(16)17(2)20-10-8-19(9-11-20)7-6-18-4-5-18/h8-13,17-18,23,31H,4-5,14-15H2,1-3H3/t17-,23?/m1/s1. The van der Waals surface area contributed by atoms with E-state index in [1.165, 1.54) is 18.9 Å². The number of alkyl halides is 3. The Balaban J connectivity index is 1.67. The van der Waals surface area contributed by atoms with Crippen LogP contribution in [0.5, 0.6) is 5.75 Å². The minimum atomic E-state index is -4.43. The Morgan fingerprint density at radius 1 is 1.25 bits per heavy atom. The lowest BCUT2D eigenvalue weighted by Crippen LogP contribution is -2.42. The molecule has 0 spiro atoms. The van der Waals surface area contributed by atoms with Gasteiger partial charge < -0.3 is 14.4 Å². The highest BCUT2D eigenvalue weighted by Crippen LogP contribution is 2.27. The lowest BCUT2D eigenvalue weighted by atomic mass is 10.1. The van der Waals surface area contributed by atoms with Crippen molar-refractivity contribution in [3.05, 3.63) is 63.6 Å². The Hall–Kier alpha value is -2.76. The molecule has 1 N–H and O–H groups in total. The van der Waals surface area contributed by atoms with Crippen LogP contribution in [0.4, 0.5) is 13.2 Å². The zero-order valence-electron chi connectivity index (χ0n) is 18.3. The summed E-state index contributed by atoms with van der Waals surface area (Å²) in [6.45, 7) is 2.01. The van der Waals surface area contributed by atoms with E-state index in [4.69, 9.17) is 4.74 Å². The number of halogens is 3. The van der Waals surface area contributed by atoms with Crippen LogP contribution in [0.25, 0.3) is 0 Å². The van der Waals surface area contributed by atoms with E-state index in [1.807, 2.05) is 31.2 Å². The van der Waals surface area contributed by atoms with E-state index >= 15 is 0 Å². The number of hydrogen-bond acceptors (Lipinski definition) is 4. The first-order chi connectivity index (χ1) is 15.0. The molecule has 2 aromatic rings. The predicted molar refractivity (Wildman–Crippen MR) is 115 cm³/mol. The Kier molecular flexibility index (Phi) is 7.32. The molecule has 1 aliphatic carbocycles. The molecule has 2 atom stereocenters. The van der Waals surface area contributed by atoms with Crippen molar-refractivity contribution in [1.29, 1.82) is 0 Å². The third kappa shape index (κ3) is 6.62. The van der Waals surface area contributed by atoms with Gasteiger partial charge in [-0.3, -0.25) is 9.69 Å². The van der Waals surface area contributed by atoms with E-state index in [0.29, 0.717) is 11.6 Å². The summed E-state index contributed by atoms with van der Waals surface area (Å²) in [6, 6.07) is 10.5. The van der Waals surface area contributed by atoms with Crippen molar-refractivity contribution in [1.82, 2.24) is 9.47 Å². The van der Waals surface area contributed by atoms with Crippen LogP contribution < -0.4 is 10.3 Å². The predicted octanol–water partition coefficient (Wildman–Crippen LogP) is 3.72. The summed E-state index contributed by atoms with van der Waals surface area (Å²) in [7, 11) is 1.15. The number of nitrogens with zero attached hydrogens (tertiary/aromatic N) is 2. The molecule has 8 heteroatoms. The largest absolute Gasteiger partial charge is 0.489 e. The van der Waals surface area contributed by atoms with Gasteiger partial charge in [-0.05, 0) is 57.5 Å². The number of pyridine rings is 1. The molecule has 1 saturated carbocycles. The maximum Gasteiger partial charge on any atom is 0.401 e. The minimum absolute atomic E-state index is 0.195. The van der Waals surface area contributed by atoms with Gasteiger partial charge in [0.05, 0.1) is 12.6 Å². The third-order valence-electron chi connectivity index (χ3n) is 5.35. The normalized spacial score (nSPS) is 15.8. The molecule has 1 aromatic heterocycles. The topological polar surface area (TPSA) is 54.7 Å². The first kappa shape index (κ1) is 23.9. The molecule has 0 amide bonds. The van der Waals surface area contributed by atoms with E-state index in [-0.39, 0.29) is 17.4 Å². The lowest BCUT2D eigenvalue weighted by Gasteiger charge is -2.25. The lowest BCUT2D eigenvalue weighted by molar-refractivity contribution is -0.164. The number of likely N-dealkylation sites (N-methyl/N-ethyl adjacent to an activating group) is 1. The van der Waals surface area contributed by atoms with Gasteiger partial charge in [-0.2, -0.15) is 13.2 Å². The summed E-state index contributed by atoms with van der Waals surface area (Å²) < 4.78 is 44.3. The quantitative estimate of drug-likeness (QED) is 0.518. The van der Waals surface area contributed by atoms with Gasteiger partial charge in [-0.15, -0.1) is 0 Å². The molecule has 1 aliphatic rings. The molecule has 0 radical (unpaired) electrons. The number of rotatable bonds is 7. The van der Waals surface area contributed by atoms with Crippen LogP contribution in [0.3, 0.4) is 0 Å². The van der Waals surface area contributed by atoms with Crippen LogP contribution in [-0.4, -0.2) is 47.2 Å². The van der Waals surface area contributed by atoms with Crippen molar-refractivity contribution >= 4 is 0 Å². The van der Waals surface area contributed by atoms with Crippen LogP contribution in [0.2, 0.25) is 0 Å². The summed E-state index contributed by atoms with van der Waals surface area (Å²) in [4.78, 5) is 13.5. The first-order valence-electron chi connectivity index (χ1n) is 10.5. The Bertz CT molecular complexity index is 1050. The molecule has 5 nitrogen and oxygen atoms in total. The fraction of sp³-hybridized carbons (Fsp3) is 0.458. The van der Waals surface area contributed by atoms with E-state index in [0.717, 1.165) is 23.1 Å². The van der Waals surface area contributed by atoms with Crippen LogP contribution in [0, 0.1) is 24.7 Å². The monoisotopic (exact) mass is 448 g/mol. The first-order valence-corrected chi connectivity index (χ1v) is 10.5. The average Bonchev–Trinajstić information content (AvgIpc) is 3.53. The number of aliphatic hydroxyl groups is 1. The van der Waals surface area contributed by atoms with E-state index in [1.54, 1.807) is 17.6 Å². The second-order valence-corrected chi connectivity index (χ2v) is 8.20. The number of benzene rings is 1. The van der Waals surface area contributed by atoms with Crippen molar-refractivity contribution in [2.75, 3.05) is 20.2 Å². The molecule has 0 saturated heterocycles. The Morgan fingerprint density at radius 2 is 1.91 bits per heavy atom. The molecule has 0 aliphatic heterocycles. The summed E-state index contributed by atoms with van der Waals surface area (Å²) in [5.41, 5.74) is 2.22. The second-order valence-electron chi connectivity index (χ2n) is 8.20. The van der Waals surface area contributed by atoms with Crippen molar-refractivity contribution in [3.63, 3.8) is 0 Å². The second kappa shape index (κ2) is 9.80. The number of aromatic nitrogens is 1. The SMILES string of the molecule is Cc1cc(OCC(O)N(C)CC(F)(F)F)cc(=O)n1[C@H](C)c1ccc(C#CC2CC2)cc1. The van der Waals surface area contributed by atoms with Gasteiger partial charge in [0.1, 0.15) is 18.6 Å². The van der Waals surface area contributed by atoms with Crippen LogP contribution in [0.1, 0.15) is 42.6 Å². The van der Waals surface area contributed by atoms with Gasteiger partial charge in [0.15, 0.2) is 0 Å². The average molecular weight is 448 g/mol. The fourth-order valence-corrected chi connectivity index (χ4v) is 3.36. The van der Waals surface area contributed by atoms with Crippen molar-refractivity contribution in [2.24, 2.45) is 5.92 Å². The van der Waals surface area contributed by atoms with Crippen LogP contribution in [-0.2, 0) is 0 Å². The van der Waals surface area contributed by atoms with Crippen molar-refractivity contribution in [2.45, 2.75) is 45.1 Å². The highest BCUT2D eigenvalue weighted by molar-refractivity contribution is 5.38. The Labute approximate surface area is 185 Å². The van der Waals surface area contributed by atoms with Crippen LogP contribution in [0.15, 0.2) is 41.2 Å². The number of hydrogen-bond donors (Lipinski definition) is 1. The smallest absolute Gasteiger partial charge is 0.401 e. The molecule has 1 unspecified atom stereocenters. The molecule has 3 rings (SSSR count). The van der Waals surface area contributed by atoms with Crippen molar-refractivity contribution in [3.8, 4) is 17.6 Å². The molecule has 0 bridgehead atoms. The molecule has 1 aromatic carbocycles. The highest BCUT2D eigenvalue weighted by atomic mass is 19.4. The summed E-state index contributed by atoms with van der Waals surface area (Å²) in [5, 5.41) is 9.87. The van der Waals surface area contributed by atoms with Crippen LogP contribution >= 0.6 is 0 Å². The molecular formula is C24H27F3N2O3. The summed E-state index contributed by atoms with van der Waals surface area (Å²) in [6.07, 6.45) is -3.54. The zero-order valence-corrected chi connectivity index (χ0v) is 18.3. The number of aliphatic hydroxyl groups excluding tert-OH is 1. The van der Waals surface area contributed by atoms with E-state index in [2.05, 4.69) is 11.8 Å². The molecular weight excluding hydrogens is 421 g/mol. The molecule has 172 valence electrons. The molecule has 1 fully saturated rings. The minimum Gasteiger partial charge on any atom is -0.489 e. The zero-order chi connectivity index (χ0) is 23.5. The van der Waals surface area contributed by atoms with Crippen molar-refractivity contribution < 1.29 is 23.0 Å². The van der Waals surface area contributed by atoms with Gasteiger partial charge in [-0.1, -0.05) is 24.0 Å². The Morgan fingerprint density at radius 3 is 2.47 bits per heavy atom. The highest BCUT2D eigenvalue weighted by Gasteiger charge is 2.31. The molecule has 1 heterocycles. The number of aryl methyl sites for hydroxylation is 1. The van der Waals surface area contributed by atoms with Gasteiger partial charge in [0.25, 0.3) is 5.56 Å². The maximum atomic E-state index is 12.7. The number of ether oxygens (including phenoxy) is 1. The molecule has 32 heavy (non-hydrogen) atoms. The van der Waals surface area contributed by atoms with E-state index < -0.39 is 25.6 Å². The maximum absolute atomic E-state index is 12.7. The van der Waals surface area contributed by atoms with Gasteiger partial charge in [0.2, 0.25) is 0 Å². The van der Waals surface area contributed by atoms with Gasteiger partial charge >= 0.3 is 6.18 Å². The summed E-state index contributed by atoms with van der Waals surface area (Å²) in [5.74, 6) is 7.11. The van der Waals surface area contributed by atoms with E-state index in [9.17, 15) is 23.1 Å². The fourth-order valence-electron chi connectivity index (χ4n) is 3.36. The third-order valence-corrected chi connectivity index (χ3v) is 5.35. The summed E-state index contributed by atoms with van der Waals surface area (Å²) >= 11 is 0.